The Labute approximate surface area is 214 Å². The lowest BCUT2D eigenvalue weighted by Gasteiger charge is -2.37. The molecule has 0 unspecified atom stereocenters. The Hall–Kier alpha value is -2.81. The van der Waals surface area contributed by atoms with Crippen molar-refractivity contribution in [2.24, 2.45) is 0 Å². The molecule has 4 rings (SSSR count). The molecule has 0 fully saturated rings. The number of nitrogens with zero attached hydrogens (tertiary/aromatic N) is 2. The normalized spacial score (nSPS) is 15.1. The molecule has 1 atom stereocenters. The van der Waals surface area contributed by atoms with Gasteiger partial charge >= 0.3 is 0 Å². The Balaban J connectivity index is 1.51. The van der Waals surface area contributed by atoms with Gasteiger partial charge in [-0.3, -0.25) is 9.59 Å². The lowest BCUT2D eigenvalue weighted by molar-refractivity contribution is -0.135. The maximum atomic E-state index is 13.6. The van der Waals surface area contributed by atoms with E-state index in [4.69, 9.17) is 25.5 Å². The van der Waals surface area contributed by atoms with E-state index in [0.717, 1.165) is 17.5 Å². The monoisotopic (exact) mass is 516 g/mol. The van der Waals surface area contributed by atoms with Gasteiger partial charge in [0.1, 0.15) is 18.9 Å². The fourth-order valence-corrected chi connectivity index (χ4v) is 5.26. The predicted octanol–water partition coefficient (Wildman–Crippen LogP) is 4.99. The number of furan rings is 1. The second kappa shape index (κ2) is 11.7. The molecule has 1 aromatic carbocycles. The largest absolute Gasteiger partial charge is 0.491 e. The minimum atomic E-state index is -0.308. The van der Waals surface area contributed by atoms with Crippen LogP contribution in [0.3, 0.4) is 0 Å². The number of rotatable bonds is 10. The van der Waals surface area contributed by atoms with Crippen LogP contribution < -0.4 is 4.74 Å². The Morgan fingerprint density at radius 3 is 2.89 bits per heavy atom. The molecule has 35 heavy (non-hydrogen) atoms. The summed E-state index contributed by atoms with van der Waals surface area (Å²) in [5.74, 6) is 0.486. The van der Waals surface area contributed by atoms with Gasteiger partial charge in [0.2, 0.25) is 5.91 Å². The third kappa shape index (κ3) is 6.07. The number of carbonyl (C=O) groups is 2. The Bertz CT molecular complexity index is 1150. The fraction of sp³-hybridized carbons (Fsp3) is 0.385. The second-order valence-electron chi connectivity index (χ2n) is 8.42. The SMILES string of the molecule is COCCCN(CC(=O)N1CCc2sccc2[C@@H]1COc1ccc(Cl)c(C)c1)C(=O)c1ccco1. The average Bonchev–Trinajstić information content (AvgIpc) is 3.56. The first kappa shape index (κ1) is 25.3. The van der Waals surface area contributed by atoms with Gasteiger partial charge in [0.25, 0.3) is 5.91 Å². The molecule has 0 radical (unpaired) electrons. The van der Waals surface area contributed by atoms with Crippen molar-refractivity contribution in [2.75, 3.05) is 40.0 Å². The van der Waals surface area contributed by atoms with Crippen LogP contribution in [-0.2, 0) is 16.0 Å². The molecule has 0 N–H and O–H groups in total. The van der Waals surface area contributed by atoms with E-state index in [1.165, 1.54) is 16.0 Å². The van der Waals surface area contributed by atoms with E-state index in [9.17, 15) is 9.59 Å². The van der Waals surface area contributed by atoms with Gasteiger partial charge in [-0.05, 0) is 72.7 Å². The van der Waals surface area contributed by atoms with E-state index in [0.29, 0.717) is 43.5 Å². The molecule has 7 nitrogen and oxygen atoms in total. The molecule has 1 aliphatic heterocycles. The molecule has 186 valence electrons. The summed E-state index contributed by atoms with van der Waals surface area (Å²) in [4.78, 5) is 31.2. The smallest absolute Gasteiger partial charge is 0.290 e. The van der Waals surface area contributed by atoms with Gasteiger partial charge in [-0.1, -0.05) is 11.6 Å². The molecule has 3 heterocycles. The molecule has 9 heteroatoms. The number of fused-ring (bicyclic) bond motifs is 1. The number of benzene rings is 1. The summed E-state index contributed by atoms with van der Waals surface area (Å²) in [5.41, 5.74) is 2.03. The van der Waals surface area contributed by atoms with Gasteiger partial charge in [-0.2, -0.15) is 0 Å². The summed E-state index contributed by atoms with van der Waals surface area (Å²) >= 11 is 7.85. The summed E-state index contributed by atoms with van der Waals surface area (Å²) < 4.78 is 16.6. The van der Waals surface area contributed by atoms with Crippen LogP contribution >= 0.6 is 22.9 Å². The van der Waals surface area contributed by atoms with E-state index in [2.05, 4.69) is 11.4 Å². The van der Waals surface area contributed by atoms with E-state index >= 15 is 0 Å². The number of thiophene rings is 1. The van der Waals surface area contributed by atoms with Crippen LogP contribution in [0.25, 0.3) is 0 Å². The zero-order chi connectivity index (χ0) is 24.8. The van der Waals surface area contributed by atoms with Crippen LogP contribution in [0, 0.1) is 6.92 Å². The number of hydrogen-bond acceptors (Lipinski definition) is 6. The zero-order valence-corrected chi connectivity index (χ0v) is 21.4. The standard InChI is InChI=1S/C26H29ClN2O5S/c1-18-15-19(6-7-21(18)27)34-17-22-20-9-14-35-24(20)8-11-29(22)25(30)16-28(10-4-12-32-2)26(31)23-5-3-13-33-23/h3,5-7,9,13-15,22H,4,8,10-12,16-17H2,1-2H3/t22-/m0/s1. The van der Waals surface area contributed by atoms with E-state index in [1.54, 1.807) is 30.6 Å². The topological polar surface area (TPSA) is 72.2 Å². The van der Waals surface area contributed by atoms with Gasteiger partial charge in [0.15, 0.2) is 5.76 Å². The highest BCUT2D eigenvalue weighted by molar-refractivity contribution is 7.10. The summed E-state index contributed by atoms with van der Waals surface area (Å²) in [7, 11) is 1.61. The molecule has 3 aromatic rings. The minimum Gasteiger partial charge on any atom is -0.491 e. The molecule has 1 aliphatic rings. The summed E-state index contributed by atoms with van der Waals surface area (Å²) in [6.45, 7) is 3.65. The molecule has 2 amide bonds. The van der Waals surface area contributed by atoms with Crippen molar-refractivity contribution in [3.05, 3.63) is 74.8 Å². The molecule has 0 bridgehead atoms. The van der Waals surface area contributed by atoms with Gasteiger partial charge in [-0.15, -0.1) is 11.3 Å². The van der Waals surface area contributed by atoms with Gasteiger partial charge in [-0.25, -0.2) is 0 Å². The maximum Gasteiger partial charge on any atom is 0.290 e. The lowest BCUT2D eigenvalue weighted by atomic mass is 10.0. The van der Waals surface area contributed by atoms with E-state index < -0.39 is 0 Å². The maximum absolute atomic E-state index is 13.6. The van der Waals surface area contributed by atoms with Crippen LogP contribution in [0.2, 0.25) is 5.02 Å². The molecule has 0 spiro atoms. The Morgan fingerprint density at radius 2 is 2.14 bits per heavy atom. The lowest BCUT2D eigenvalue weighted by Crippen LogP contribution is -2.48. The first-order valence-electron chi connectivity index (χ1n) is 11.5. The van der Waals surface area contributed by atoms with Crippen molar-refractivity contribution in [3.63, 3.8) is 0 Å². The quantitative estimate of drug-likeness (QED) is 0.355. The molecule has 0 saturated carbocycles. The van der Waals surface area contributed by atoms with Crippen molar-refractivity contribution in [3.8, 4) is 5.75 Å². The van der Waals surface area contributed by atoms with Crippen LogP contribution in [0.4, 0.5) is 0 Å². The Morgan fingerprint density at radius 1 is 1.29 bits per heavy atom. The van der Waals surface area contributed by atoms with Gasteiger partial charge < -0.3 is 23.7 Å². The van der Waals surface area contributed by atoms with Crippen molar-refractivity contribution < 1.29 is 23.5 Å². The predicted molar refractivity (Wildman–Crippen MR) is 135 cm³/mol. The number of amides is 2. The van der Waals surface area contributed by atoms with Gasteiger partial charge in [0.05, 0.1) is 12.3 Å². The number of aryl methyl sites for hydroxylation is 1. The number of ether oxygens (including phenoxy) is 2. The summed E-state index contributed by atoms with van der Waals surface area (Å²) in [6.07, 6.45) is 2.86. The second-order valence-corrected chi connectivity index (χ2v) is 9.83. The third-order valence-corrected chi connectivity index (χ3v) is 7.49. The van der Waals surface area contributed by atoms with Crippen molar-refractivity contribution in [1.29, 1.82) is 0 Å². The van der Waals surface area contributed by atoms with Gasteiger partial charge in [0, 0.05) is 36.7 Å². The number of hydrogen-bond donors (Lipinski definition) is 0. The zero-order valence-electron chi connectivity index (χ0n) is 19.9. The first-order valence-corrected chi connectivity index (χ1v) is 12.8. The summed E-state index contributed by atoms with van der Waals surface area (Å²) in [6, 6.07) is 10.6. The summed E-state index contributed by atoms with van der Waals surface area (Å²) in [5, 5.41) is 2.73. The van der Waals surface area contributed by atoms with Crippen LogP contribution in [0.5, 0.6) is 5.75 Å². The molecular weight excluding hydrogens is 488 g/mol. The highest BCUT2D eigenvalue weighted by atomic mass is 35.5. The average molecular weight is 517 g/mol. The molecular formula is C26H29ClN2O5S. The highest BCUT2D eigenvalue weighted by Crippen LogP contribution is 2.34. The van der Waals surface area contributed by atoms with Crippen LogP contribution in [0.1, 0.15) is 39.0 Å². The number of carbonyl (C=O) groups excluding carboxylic acids is 2. The third-order valence-electron chi connectivity index (χ3n) is 6.07. The number of methoxy groups -OCH3 is 1. The molecule has 0 aliphatic carbocycles. The molecule has 0 saturated heterocycles. The van der Waals surface area contributed by atoms with E-state index in [1.807, 2.05) is 30.0 Å². The fourth-order valence-electron chi connectivity index (χ4n) is 4.22. The van der Waals surface area contributed by atoms with E-state index in [-0.39, 0.29) is 30.2 Å². The Kier molecular flexibility index (Phi) is 8.49. The van der Waals surface area contributed by atoms with Crippen molar-refractivity contribution in [1.82, 2.24) is 9.80 Å². The van der Waals surface area contributed by atoms with Crippen molar-refractivity contribution in [2.45, 2.75) is 25.8 Å². The van der Waals surface area contributed by atoms with Crippen LogP contribution in [-0.4, -0.2) is 61.6 Å². The van der Waals surface area contributed by atoms with Crippen LogP contribution in [0.15, 0.2) is 52.5 Å². The minimum absolute atomic E-state index is 0.0424. The highest BCUT2D eigenvalue weighted by Gasteiger charge is 2.34. The van der Waals surface area contributed by atoms with Crippen molar-refractivity contribution >= 4 is 34.8 Å². The number of halogens is 1. The molecule has 2 aromatic heterocycles. The first-order chi connectivity index (χ1) is 17.0.